The van der Waals surface area contributed by atoms with Gasteiger partial charge in [-0.2, -0.15) is 5.10 Å². The maximum Gasteiger partial charge on any atom is 0.0826 e. The molecule has 4 aromatic rings. The van der Waals surface area contributed by atoms with Gasteiger partial charge in [-0.1, -0.05) is 68.1 Å². The van der Waals surface area contributed by atoms with Gasteiger partial charge in [-0.15, -0.1) is 0 Å². The highest BCUT2D eigenvalue weighted by Gasteiger charge is 2.15. The van der Waals surface area contributed by atoms with Gasteiger partial charge in [0.05, 0.1) is 17.2 Å². The number of nitrogens with zero attached hydrogens (tertiary/aromatic N) is 2. The molecule has 0 unspecified atom stereocenters. The van der Waals surface area contributed by atoms with E-state index in [9.17, 15) is 0 Å². The van der Waals surface area contributed by atoms with E-state index in [1.807, 2.05) is 12.3 Å². The van der Waals surface area contributed by atoms with Crippen molar-refractivity contribution in [1.82, 2.24) is 9.61 Å². The second kappa shape index (κ2) is 6.88. The minimum atomic E-state index is 0.977. The lowest BCUT2D eigenvalue weighted by atomic mass is 9.95. The van der Waals surface area contributed by atoms with Crippen molar-refractivity contribution < 1.29 is 0 Å². The van der Waals surface area contributed by atoms with Gasteiger partial charge in [0.2, 0.25) is 0 Å². The van der Waals surface area contributed by atoms with Crippen LogP contribution in [0.1, 0.15) is 24.5 Å². The van der Waals surface area contributed by atoms with E-state index >= 15 is 0 Å². The molecule has 2 aromatic heterocycles. The van der Waals surface area contributed by atoms with Gasteiger partial charge in [0.15, 0.2) is 0 Å². The van der Waals surface area contributed by atoms with E-state index in [1.54, 1.807) is 0 Å². The van der Waals surface area contributed by atoms with Crippen LogP contribution in [0, 0.1) is 13.8 Å². The zero-order valence-electron chi connectivity index (χ0n) is 16.2. The minimum absolute atomic E-state index is 0.977. The highest BCUT2D eigenvalue weighted by molar-refractivity contribution is 5.91. The zero-order chi connectivity index (χ0) is 19.0. The van der Waals surface area contributed by atoms with E-state index in [4.69, 9.17) is 5.10 Å². The molecular weight excluding hydrogens is 328 g/mol. The largest absolute Gasteiger partial charge is 0.232 e. The fraction of sp³-hybridized carbons (Fsp3) is 0.160. The number of benzene rings is 2. The van der Waals surface area contributed by atoms with Gasteiger partial charge in [-0.05, 0) is 48.2 Å². The summed E-state index contributed by atoms with van der Waals surface area (Å²) in [5.41, 5.74) is 7.25. The standard InChI is InChI=1S/C25H24N2/c1-5-10-19-20-14-7-8-15-23(20)27-25(21(19)11-6-2)22(16-26-27)24-17(3)12-9-13-18(24)4/h6-16H,2,5H2,1,3-4H3. The van der Waals surface area contributed by atoms with E-state index in [1.165, 1.54) is 38.1 Å². The van der Waals surface area contributed by atoms with Gasteiger partial charge < -0.3 is 0 Å². The third kappa shape index (κ3) is 2.69. The average molecular weight is 352 g/mol. The van der Waals surface area contributed by atoms with Gasteiger partial charge in [-0.3, -0.25) is 0 Å². The van der Waals surface area contributed by atoms with E-state index in [2.05, 4.69) is 86.5 Å². The predicted octanol–water partition coefficient (Wildman–Crippen LogP) is 4.93. The molecule has 0 radical (unpaired) electrons. The molecule has 0 spiro atoms. The maximum atomic E-state index is 4.80. The van der Waals surface area contributed by atoms with E-state index in [0.29, 0.717) is 0 Å². The molecule has 2 aromatic carbocycles. The first-order valence-electron chi connectivity index (χ1n) is 9.45. The van der Waals surface area contributed by atoms with Gasteiger partial charge in [-0.25, -0.2) is 4.52 Å². The second-order valence-electron chi connectivity index (χ2n) is 6.94. The van der Waals surface area contributed by atoms with Crippen LogP contribution in [0.4, 0.5) is 0 Å². The van der Waals surface area contributed by atoms with Crippen LogP contribution in [-0.2, 0) is 0 Å². The summed E-state index contributed by atoms with van der Waals surface area (Å²) >= 11 is 0. The fourth-order valence-corrected chi connectivity index (χ4v) is 4.08. The Labute approximate surface area is 159 Å². The fourth-order valence-electron chi connectivity index (χ4n) is 4.08. The normalized spacial score (nSPS) is 13.0. The summed E-state index contributed by atoms with van der Waals surface area (Å²) in [7, 11) is 0. The summed E-state index contributed by atoms with van der Waals surface area (Å²) in [4.78, 5) is 0. The first-order chi connectivity index (χ1) is 13.2. The van der Waals surface area contributed by atoms with Crippen LogP contribution in [-0.4, -0.2) is 9.61 Å². The van der Waals surface area contributed by atoms with Gasteiger partial charge in [0.25, 0.3) is 0 Å². The number of rotatable bonds is 3. The van der Waals surface area contributed by atoms with Crippen molar-refractivity contribution in [2.24, 2.45) is 0 Å². The number of aromatic nitrogens is 2. The molecule has 0 bridgehead atoms. The number of para-hydroxylation sites is 1. The molecule has 0 saturated carbocycles. The van der Waals surface area contributed by atoms with Crippen LogP contribution in [0.15, 0.2) is 61.3 Å². The molecular formula is C25H24N2. The summed E-state index contributed by atoms with van der Waals surface area (Å²) in [6.07, 6.45) is 9.28. The van der Waals surface area contributed by atoms with Crippen molar-refractivity contribution in [2.75, 3.05) is 0 Å². The molecule has 0 saturated heterocycles. The number of hydrogen-bond acceptors (Lipinski definition) is 1. The van der Waals surface area contributed by atoms with Gasteiger partial charge in [0, 0.05) is 16.2 Å². The molecule has 0 aliphatic heterocycles. The first-order valence-corrected chi connectivity index (χ1v) is 9.45. The SMILES string of the molecule is C=CC=c1c(=CCC)c2ccccc2n2ncc(-c3c(C)cccc3C)c12. The van der Waals surface area contributed by atoms with Gasteiger partial charge >= 0.3 is 0 Å². The number of allylic oxidation sites excluding steroid dienone is 1. The Kier molecular flexibility index (Phi) is 4.41. The van der Waals surface area contributed by atoms with E-state index in [-0.39, 0.29) is 0 Å². The molecule has 0 N–H and O–H groups in total. The molecule has 0 fully saturated rings. The van der Waals surface area contributed by atoms with Crippen molar-refractivity contribution in [2.45, 2.75) is 27.2 Å². The molecule has 27 heavy (non-hydrogen) atoms. The third-order valence-electron chi connectivity index (χ3n) is 5.18. The molecule has 0 atom stereocenters. The van der Waals surface area contributed by atoms with Crippen molar-refractivity contribution in [1.29, 1.82) is 0 Å². The molecule has 2 heterocycles. The lowest BCUT2D eigenvalue weighted by Gasteiger charge is -2.11. The lowest BCUT2D eigenvalue weighted by molar-refractivity contribution is 0.999. The molecule has 2 heteroatoms. The Hall–Kier alpha value is -3.13. The Morgan fingerprint density at radius 1 is 1.00 bits per heavy atom. The number of pyridine rings is 1. The number of fused-ring (bicyclic) bond motifs is 3. The average Bonchev–Trinajstić information content (AvgIpc) is 3.09. The highest BCUT2D eigenvalue weighted by Crippen LogP contribution is 2.30. The zero-order valence-corrected chi connectivity index (χ0v) is 16.2. The predicted molar refractivity (Wildman–Crippen MR) is 116 cm³/mol. The van der Waals surface area contributed by atoms with E-state index < -0.39 is 0 Å². The van der Waals surface area contributed by atoms with E-state index in [0.717, 1.165) is 17.5 Å². The summed E-state index contributed by atoms with van der Waals surface area (Å²) in [6.45, 7) is 10.5. The van der Waals surface area contributed by atoms with Crippen LogP contribution >= 0.6 is 0 Å². The lowest BCUT2D eigenvalue weighted by Crippen LogP contribution is -2.28. The van der Waals surface area contributed by atoms with Crippen molar-refractivity contribution in [3.63, 3.8) is 0 Å². The summed E-state index contributed by atoms with van der Waals surface area (Å²) in [6, 6.07) is 14.9. The van der Waals surface area contributed by atoms with Crippen molar-refractivity contribution >= 4 is 28.6 Å². The van der Waals surface area contributed by atoms with Crippen LogP contribution in [0.25, 0.3) is 39.7 Å². The van der Waals surface area contributed by atoms with Crippen LogP contribution in [0.2, 0.25) is 0 Å². The number of aryl methyl sites for hydroxylation is 2. The molecule has 0 aliphatic carbocycles. The highest BCUT2D eigenvalue weighted by atomic mass is 15.2. The smallest absolute Gasteiger partial charge is 0.0826 e. The Morgan fingerprint density at radius 3 is 2.44 bits per heavy atom. The number of hydrogen-bond donors (Lipinski definition) is 0. The summed E-state index contributed by atoms with van der Waals surface area (Å²) in [5, 5.41) is 8.46. The molecule has 0 aliphatic rings. The summed E-state index contributed by atoms with van der Waals surface area (Å²) in [5.74, 6) is 0. The second-order valence-corrected chi connectivity index (χ2v) is 6.94. The Bertz CT molecular complexity index is 1270. The molecule has 4 rings (SSSR count). The summed E-state index contributed by atoms with van der Waals surface area (Å²) < 4.78 is 2.08. The first kappa shape index (κ1) is 17.3. The molecule has 2 nitrogen and oxygen atoms in total. The van der Waals surface area contributed by atoms with Crippen molar-refractivity contribution in [3.8, 4) is 11.1 Å². The quantitative estimate of drug-likeness (QED) is 0.511. The van der Waals surface area contributed by atoms with Crippen molar-refractivity contribution in [3.05, 3.63) is 82.9 Å². The Morgan fingerprint density at radius 2 is 1.74 bits per heavy atom. The van der Waals surface area contributed by atoms with Gasteiger partial charge in [0.1, 0.15) is 0 Å². The Balaban J connectivity index is 2.32. The monoisotopic (exact) mass is 352 g/mol. The minimum Gasteiger partial charge on any atom is -0.232 e. The van der Waals surface area contributed by atoms with Crippen LogP contribution < -0.4 is 10.4 Å². The molecule has 0 amide bonds. The van der Waals surface area contributed by atoms with Crippen LogP contribution in [0.5, 0.6) is 0 Å². The third-order valence-corrected chi connectivity index (χ3v) is 5.18. The van der Waals surface area contributed by atoms with Crippen LogP contribution in [0.3, 0.4) is 0 Å². The topological polar surface area (TPSA) is 17.3 Å². The maximum absolute atomic E-state index is 4.80. The molecule has 134 valence electrons.